The highest BCUT2D eigenvalue weighted by Gasteiger charge is 2.16. The monoisotopic (exact) mass is 356 g/mol. The average Bonchev–Trinajstić information content (AvgIpc) is 2.51. The SMILES string of the molecule is COc1cc(CNCC(C)N2CCCCC2)cc(Br)c1O. The van der Waals surface area contributed by atoms with Crippen LogP contribution in [0.2, 0.25) is 0 Å². The highest BCUT2D eigenvalue weighted by Crippen LogP contribution is 2.35. The highest BCUT2D eigenvalue weighted by atomic mass is 79.9. The summed E-state index contributed by atoms with van der Waals surface area (Å²) < 4.78 is 5.84. The van der Waals surface area contributed by atoms with E-state index in [0.717, 1.165) is 18.7 Å². The third kappa shape index (κ3) is 4.59. The molecule has 0 radical (unpaired) electrons. The van der Waals surface area contributed by atoms with Crippen molar-refractivity contribution in [2.75, 3.05) is 26.7 Å². The third-order valence-electron chi connectivity index (χ3n) is 4.09. The molecule has 0 saturated carbocycles. The van der Waals surface area contributed by atoms with Crippen LogP contribution in [0.4, 0.5) is 0 Å². The number of halogens is 1. The average molecular weight is 357 g/mol. The lowest BCUT2D eigenvalue weighted by Crippen LogP contribution is -2.42. The van der Waals surface area contributed by atoms with E-state index in [-0.39, 0.29) is 5.75 Å². The normalized spacial score (nSPS) is 17.7. The Morgan fingerprint density at radius 3 is 2.71 bits per heavy atom. The fourth-order valence-corrected chi connectivity index (χ4v) is 3.29. The van der Waals surface area contributed by atoms with Gasteiger partial charge in [-0.25, -0.2) is 0 Å². The zero-order valence-electron chi connectivity index (χ0n) is 12.9. The van der Waals surface area contributed by atoms with Gasteiger partial charge < -0.3 is 15.2 Å². The standard InChI is InChI=1S/C16H25BrN2O2/c1-12(19-6-4-3-5-7-19)10-18-11-13-8-14(17)16(20)15(9-13)21-2/h8-9,12,18,20H,3-7,10-11H2,1-2H3. The van der Waals surface area contributed by atoms with Crippen molar-refractivity contribution in [1.82, 2.24) is 10.2 Å². The van der Waals surface area contributed by atoms with Crippen molar-refractivity contribution in [2.45, 2.75) is 38.8 Å². The number of likely N-dealkylation sites (tertiary alicyclic amines) is 1. The first kappa shape index (κ1) is 16.6. The first-order valence-electron chi connectivity index (χ1n) is 7.62. The zero-order valence-corrected chi connectivity index (χ0v) is 14.4. The molecule has 5 heteroatoms. The Morgan fingerprint density at radius 1 is 1.33 bits per heavy atom. The molecule has 2 rings (SSSR count). The molecule has 1 saturated heterocycles. The van der Waals surface area contributed by atoms with Crippen molar-refractivity contribution in [3.05, 3.63) is 22.2 Å². The number of rotatable bonds is 6. The van der Waals surface area contributed by atoms with Gasteiger partial charge >= 0.3 is 0 Å². The summed E-state index contributed by atoms with van der Waals surface area (Å²) in [5, 5.41) is 13.3. The molecule has 1 aromatic carbocycles. The molecule has 0 spiro atoms. The molecule has 4 nitrogen and oxygen atoms in total. The van der Waals surface area contributed by atoms with E-state index in [1.54, 1.807) is 7.11 Å². The van der Waals surface area contributed by atoms with Crippen molar-refractivity contribution >= 4 is 15.9 Å². The largest absolute Gasteiger partial charge is 0.503 e. The second kappa shape index (κ2) is 8.01. The summed E-state index contributed by atoms with van der Waals surface area (Å²) in [6.45, 7) is 6.47. The van der Waals surface area contributed by atoms with Gasteiger partial charge in [0.15, 0.2) is 11.5 Å². The van der Waals surface area contributed by atoms with Gasteiger partial charge in [-0.1, -0.05) is 6.42 Å². The number of phenols is 1. The molecule has 0 aliphatic carbocycles. The van der Waals surface area contributed by atoms with Gasteiger partial charge in [0.25, 0.3) is 0 Å². The van der Waals surface area contributed by atoms with Crippen LogP contribution in [-0.2, 0) is 6.54 Å². The van der Waals surface area contributed by atoms with Gasteiger partial charge in [-0.2, -0.15) is 0 Å². The number of phenolic OH excluding ortho intramolecular Hbond substituents is 1. The Kier molecular flexibility index (Phi) is 6.33. The highest BCUT2D eigenvalue weighted by molar-refractivity contribution is 9.10. The Labute approximate surface area is 135 Å². The van der Waals surface area contributed by atoms with E-state index in [2.05, 4.69) is 33.1 Å². The molecule has 1 heterocycles. The molecular weight excluding hydrogens is 332 g/mol. The van der Waals surface area contributed by atoms with Crippen LogP contribution in [-0.4, -0.2) is 42.8 Å². The van der Waals surface area contributed by atoms with Crippen molar-refractivity contribution in [3.63, 3.8) is 0 Å². The van der Waals surface area contributed by atoms with Crippen molar-refractivity contribution in [1.29, 1.82) is 0 Å². The number of methoxy groups -OCH3 is 1. The molecular formula is C16H25BrN2O2. The van der Waals surface area contributed by atoms with E-state index in [4.69, 9.17) is 4.74 Å². The van der Waals surface area contributed by atoms with Crippen molar-refractivity contribution in [2.24, 2.45) is 0 Å². The van der Waals surface area contributed by atoms with Gasteiger partial charge in [0, 0.05) is 19.1 Å². The minimum atomic E-state index is 0.155. The maximum Gasteiger partial charge on any atom is 0.172 e. The minimum Gasteiger partial charge on any atom is -0.503 e. The molecule has 1 aromatic rings. The number of hydrogen-bond acceptors (Lipinski definition) is 4. The Hall–Kier alpha value is -0.780. The number of ether oxygens (including phenoxy) is 1. The van der Waals surface area contributed by atoms with Gasteiger partial charge in [-0.15, -0.1) is 0 Å². The fraction of sp³-hybridized carbons (Fsp3) is 0.625. The minimum absolute atomic E-state index is 0.155. The molecule has 1 aliphatic heterocycles. The van der Waals surface area contributed by atoms with Crippen LogP contribution in [0.5, 0.6) is 11.5 Å². The van der Waals surface area contributed by atoms with Gasteiger partial charge in [0.2, 0.25) is 0 Å². The van der Waals surface area contributed by atoms with Crippen LogP contribution in [0.15, 0.2) is 16.6 Å². The number of benzene rings is 1. The summed E-state index contributed by atoms with van der Waals surface area (Å²) in [5.74, 6) is 0.660. The molecule has 2 N–H and O–H groups in total. The number of hydrogen-bond donors (Lipinski definition) is 2. The molecule has 21 heavy (non-hydrogen) atoms. The summed E-state index contributed by atoms with van der Waals surface area (Å²) in [6.07, 6.45) is 4.02. The maximum absolute atomic E-state index is 9.81. The number of aromatic hydroxyl groups is 1. The molecule has 1 unspecified atom stereocenters. The van der Waals surface area contributed by atoms with Gasteiger partial charge in [-0.3, -0.25) is 4.90 Å². The Balaban J connectivity index is 1.84. The van der Waals surface area contributed by atoms with Crippen molar-refractivity contribution < 1.29 is 9.84 Å². The van der Waals surface area contributed by atoms with Crippen LogP contribution in [0, 0.1) is 0 Å². The third-order valence-corrected chi connectivity index (χ3v) is 4.70. The van der Waals surface area contributed by atoms with E-state index in [9.17, 15) is 5.11 Å². The summed E-state index contributed by atoms with van der Waals surface area (Å²) in [4.78, 5) is 2.56. The van der Waals surface area contributed by atoms with Gasteiger partial charge in [0.05, 0.1) is 11.6 Å². The van der Waals surface area contributed by atoms with Crippen LogP contribution >= 0.6 is 15.9 Å². The molecule has 1 aliphatic rings. The number of piperidine rings is 1. The second-order valence-corrected chi connectivity index (χ2v) is 6.56. The van der Waals surface area contributed by atoms with Gasteiger partial charge in [-0.05, 0) is 66.5 Å². The maximum atomic E-state index is 9.81. The van der Waals surface area contributed by atoms with Crippen LogP contribution in [0.1, 0.15) is 31.7 Å². The first-order chi connectivity index (χ1) is 10.1. The molecule has 0 aromatic heterocycles. The van der Waals surface area contributed by atoms with Crippen molar-refractivity contribution in [3.8, 4) is 11.5 Å². The lowest BCUT2D eigenvalue weighted by atomic mass is 10.1. The molecule has 118 valence electrons. The zero-order chi connectivity index (χ0) is 15.2. The molecule has 0 amide bonds. The predicted octanol–water partition coefficient (Wildman–Crippen LogP) is 3.13. The van der Waals surface area contributed by atoms with E-state index in [1.165, 1.54) is 32.4 Å². The van der Waals surface area contributed by atoms with Crippen LogP contribution in [0.25, 0.3) is 0 Å². The summed E-state index contributed by atoms with van der Waals surface area (Å²) >= 11 is 3.36. The van der Waals surface area contributed by atoms with E-state index >= 15 is 0 Å². The lowest BCUT2D eigenvalue weighted by molar-refractivity contribution is 0.170. The predicted molar refractivity (Wildman–Crippen MR) is 89.0 cm³/mol. The molecule has 1 fully saturated rings. The molecule has 1 atom stereocenters. The van der Waals surface area contributed by atoms with Crippen LogP contribution < -0.4 is 10.1 Å². The topological polar surface area (TPSA) is 44.7 Å². The Morgan fingerprint density at radius 2 is 2.05 bits per heavy atom. The van der Waals surface area contributed by atoms with Gasteiger partial charge in [0.1, 0.15) is 0 Å². The van der Waals surface area contributed by atoms with Crippen LogP contribution in [0.3, 0.4) is 0 Å². The van der Waals surface area contributed by atoms with E-state index < -0.39 is 0 Å². The lowest BCUT2D eigenvalue weighted by Gasteiger charge is -2.32. The second-order valence-electron chi connectivity index (χ2n) is 5.71. The van der Waals surface area contributed by atoms with E-state index in [1.807, 2.05) is 12.1 Å². The summed E-state index contributed by atoms with van der Waals surface area (Å²) in [6, 6.07) is 4.36. The molecule has 0 bridgehead atoms. The summed E-state index contributed by atoms with van der Waals surface area (Å²) in [5.41, 5.74) is 1.10. The van der Waals surface area contributed by atoms with E-state index in [0.29, 0.717) is 16.3 Å². The quantitative estimate of drug-likeness (QED) is 0.821. The first-order valence-corrected chi connectivity index (χ1v) is 8.41. The Bertz CT molecular complexity index is 462. The smallest absolute Gasteiger partial charge is 0.172 e. The number of nitrogens with one attached hydrogen (secondary N) is 1. The fourth-order valence-electron chi connectivity index (χ4n) is 2.80. The number of nitrogens with zero attached hydrogens (tertiary/aromatic N) is 1. The summed E-state index contributed by atoms with van der Waals surface area (Å²) in [7, 11) is 1.57.